The molecule has 0 radical (unpaired) electrons. The summed E-state index contributed by atoms with van der Waals surface area (Å²) < 4.78 is 5.03. The van der Waals surface area contributed by atoms with Crippen molar-refractivity contribution in [3.8, 4) is 0 Å². The summed E-state index contributed by atoms with van der Waals surface area (Å²) in [5.74, 6) is -0.487. The lowest BCUT2D eigenvalue weighted by atomic mass is 10.2. The second-order valence-corrected chi connectivity index (χ2v) is 3.49. The van der Waals surface area contributed by atoms with Gasteiger partial charge in [0.15, 0.2) is 0 Å². The number of hydrogen-bond acceptors (Lipinski definition) is 3. The smallest absolute Gasteiger partial charge is 0.340 e. The Balaban J connectivity index is 2.94. The van der Waals surface area contributed by atoms with E-state index in [0.29, 0.717) is 5.69 Å². The Kier molecular flexibility index (Phi) is 3.88. The quantitative estimate of drug-likeness (QED) is 0.764. The molecule has 0 bridgehead atoms. The molecule has 0 aliphatic carbocycles. The summed E-state index contributed by atoms with van der Waals surface area (Å²) in [4.78, 5) is 22.4. The summed E-state index contributed by atoms with van der Waals surface area (Å²) in [6.45, 7) is 3.50. The van der Waals surface area contributed by atoms with E-state index in [9.17, 15) is 9.59 Å². The first-order valence-corrected chi connectivity index (χ1v) is 4.87. The van der Waals surface area contributed by atoms with Gasteiger partial charge in [0, 0.05) is 0 Å². The number of hydrogen-bond donors (Lipinski definition) is 2. The van der Waals surface area contributed by atoms with Gasteiger partial charge in [0.05, 0.1) is 17.4 Å². The Morgan fingerprint density at radius 3 is 2.50 bits per heavy atom. The fraction of sp³-hybridized carbons (Fsp3) is 0.273. The average molecular weight is 222 g/mol. The lowest BCUT2D eigenvalue weighted by Crippen LogP contribution is -2.22. The van der Waals surface area contributed by atoms with E-state index in [1.165, 1.54) is 0 Å². The Morgan fingerprint density at radius 1 is 1.31 bits per heavy atom. The largest absolute Gasteiger partial charge is 0.459 e. The topological polar surface area (TPSA) is 81.4 Å². The molecule has 0 aliphatic rings. The fourth-order valence-electron chi connectivity index (χ4n) is 1.18. The summed E-state index contributed by atoms with van der Waals surface area (Å²) in [6, 6.07) is 5.81. The molecule has 0 saturated heterocycles. The summed E-state index contributed by atoms with van der Waals surface area (Å²) >= 11 is 0. The van der Waals surface area contributed by atoms with Crippen LogP contribution in [-0.4, -0.2) is 18.1 Å². The number of ether oxygens (including phenoxy) is 1. The van der Waals surface area contributed by atoms with Crippen molar-refractivity contribution in [2.24, 2.45) is 5.73 Å². The number of nitrogens with two attached hydrogens (primary N) is 1. The number of esters is 1. The van der Waals surface area contributed by atoms with E-state index in [1.807, 2.05) is 0 Å². The van der Waals surface area contributed by atoms with E-state index in [1.54, 1.807) is 38.1 Å². The van der Waals surface area contributed by atoms with Crippen LogP contribution in [0.5, 0.6) is 0 Å². The number of carbonyl (C=O) groups is 2. The highest BCUT2D eigenvalue weighted by molar-refractivity contribution is 6.00. The third kappa shape index (κ3) is 3.27. The molecule has 0 spiro atoms. The van der Waals surface area contributed by atoms with Crippen LogP contribution < -0.4 is 11.1 Å². The van der Waals surface area contributed by atoms with E-state index in [4.69, 9.17) is 10.5 Å². The predicted octanol–water partition coefficient (Wildman–Crippen LogP) is 1.74. The average Bonchev–Trinajstić information content (AvgIpc) is 2.16. The molecule has 0 heterocycles. The first-order valence-electron chi connectivity index (χ1n) is 4.87. The molecule has 1 rings (SSSR count). The minimum absolute atomic E-state index is 0.214. The number of urea groups is 1. The standard InChI is InChI=1S/C11H14N2O3/c1-7(2)16-10(14)8-5-3-4-6-9(8)13-11(12)15/h3-7H,1-2H3,(H3,12,13,15). The van der Waals surface area contributed by atoms with Crippen molar-refractivity contribution in [1.29, 1.82) is 0 Å². The van der Waals surface area contributed by atoms with Crippen molar-refractivity contribution in [2.45, 2.75) is 20.0 Å². The van der Waals surface area contributed by atoms with Crippen LogP contribution in [0, 0.1) is 0 Å². The highest BCUT2D eigenvalue weighted by Gasteiger charge is 2.14. The van der Waals surface area contributed by atoms with Crippen molar-refractivity contribution >= 4 is 17.7 Å². The molecule has 0 aliphatic heterocycles. The van der Waals surface area contributed by atoms with Crippen LogP contribution in [0.4, 0.5) is 10.5 Å². The molecule has 1 aromatic rings. The first kappa shape index (κ1) is 12.0. The van der Waals surface area contributed by atoms with Gasteiger partial charge >= 0.3 is 12.0 Å². The summed E-state index contributed by atoms with van der Waals surface area (Å²) in [5, 5.41) is 2.37. The Morgan fingerprint density at radius 2 is 1.94 bits per heavy atom. The molecular weight excluding hydrogens is 208 g/mol. The number of anilines is 1. The Bertz CT molecular complexity index is 402. The lowest BCUT2D eigenvalue weighted by molar-refractivity contribution is 0.0379. The lowest BCUT2D eigenvalue weighted by Gasteiger charge is -2.11. The van der Waals surface area contributed by atoms with Gasteiger partial charge in [-0.25, -0.2) is 9.59 Å². The zero-order valence-corrected chi connectivity index (χ0v) is 9.19. The van der Waals surface area contributed by atoms with E-state index in [0.717, 1.165) is 0 Å². The summed E-state index contributed by atoms with van der Waals surface area (Å²) in [6.07, 6.45) is -0.214. The van der Waals surface area contributed by atoms with Crippen molar-refractivity contribution in [3.05, 3.63) is 29.8 Å². The molecule has 0 atom stereocenters. The van der Waals surface area contributed by atoms with E-state index in [-0.39, 0.29) is 11.7 Å². The third-order valence-electron chi connectivity index (χ3n) is 1.75. The molecule has 86 valence electrons. The maximum atomic E-state index is 11.6. The monoisotopic (exact) mass is 222 g/mol. The van der Waals surface area contributed by atoms with Gasteiger partial charge < -0.3 is 15.8 Å². The number of primary amides is 1. The maximum absolute atomic E-state index is 11.6. The number of para-hydroxylation sites is 1. The molecule has 3 N–H and O–H groups in total. The molecule has 5 nitrogen and oxygen atoms in total. The summed E-state index contributed by atoms with van der Waals surface area (Å²) in [7, 11) is 0. The highest BCUT2D eigenvalue weighted by Crippen LogP contribution is 2.16. The van der Waals surface area contributed by atoms with Crippen molar-refractivity contribution in [1.82, 2.24) is 0 Å². The van der Waals surface area contributed by atoms with Crippen LogP contribution in [0.25, 0.3) is 0 Å². The summed E-state index contributed by atoms with van der Waals surface area (Å²) in [5.41, 5.74) is 5.63. The Labute approximate surface area is 93.6 Å². The molecular formula is C11H14N2O3. The normalized spacial score (nSPS) is 9.94. The number of amides is 2. The molecule has 0 unspecified atom stereocenters. The van der Waals surface area contributed by atoms with Crippen LogP contribution in [0.1, 0.15) is 24.2 Å². The second-order valence-electron chi connectivity index (χ2n) is 3.49. The minimum atomic E-state index is -0.718. The van der Waals surface area contributed by atoms with Crippen LogP contribution >= 0.6 is 0 Å². The molecule has 0 aromatic heterocycles. The van der Waals surface area contributed by atoms with E-state index < -0.39 is 12.0 Å². The molecule has 5 heteroatoms. The van der Waals surface area contributed by atoms with Crippen LogP contribution in [-0.2, 0) is 4.74 Å². The molecule has 0 saturated carbocycles. The predicted molar refractivity (Wildman–Crippen MR) is 60.2 cm³/mol. The zero-order valence-electron chi connectivity index (χ0n) is 9.19. The van der Waals surface area contributed by atoms with Gasteiger partial charge in [0.2, 0.25) is 0 Å². The molecule has 2 amide bonds. The van der Waals surface area contributed by atoms with Crippen LogP contribution in [0.2, 0.25) is 0 Å². The van der Waals surface area contributed by atoms with E-state index in [2.05, 4.69) is 5.32 Å². The van der Waals surface area contributed by atoms with Crippen molar-refractivity contribution < 1.29 is 14.3 Å². The number of benzene rings is 1. The molecule has 0 fully saturated rings. The van der Waals surface area contributed by atoms with E-state index >= 15 is 0 Å². The van der Waals surface area contributed by atoms with Gasteiger partial charge in [0.1, 0.15) is 0 Å². The van der Waals surface area contributed by atoms with Gasteiger partial charge in [-0.3, -0.25) is 0 Å². The first-order chi connectivity index (χ1) is 7.50. The minimum Gasteiger partial charge on any atom is -0.459 e. The van der Waals surface area contributed by atoms with Gasteiger partial charge in [-0.15, -0.1) is 0 Å². The third-order valence-corrected chi connectivity index (χ3v) is 1.75. The molecule has 1 aromatic carbocycles. The van der Waals surface area contributed by atoms with Gasteiger partial charge in [-0.05, 0) is 26.0 Å². The van der Waals surface area contributed by atoms with Gasteiger partial charge in [0.25, 0.3) is 0 Å². The second kappa shape index (κ2) is 5.16. The fourth-order valence-corrected chi connectivity index (χ4v) is 1.18. The van der Waals surface area contributed by atoms with Crippen molar-refractivity contribution in [3.63, 3.8) is 0 Å². The number of nitrogens with one attached hydrogen (secondary N) is 1. The maximum Gasteiger partial charge on any atom is 0.340 e. The van der Waals surface area contributed by atoms with Gasteiger partial charge in [-0.2, -0.15) is 0 Å². The Hall–Kier alpha value is -2.04. The molecule has 16 heavy (non-hydrogen) atoms. The van der Waals surface area contributed by atoms with Crippen LogP contribution in [0.3, 0.4) is 0 Å². The number of carbonyl (C=O) groups excluding carboxylic acids is 2. The highest BCUT2D eigenvalue weighted by atomic mass is 16.5. The van der Waals surface area contributed by atoms with Crippen LogP contribution in [0.15, 0.2) is 24.3 Å². The van der Waals surface area contributed by atoms with Gasteiger partial charge in [-0.1, -0.05) is 12.1 Å². The van der Waals surface area contributed by atoms with Crippen molar-refractivity contribution in [2.75, 3.05) is 5.32 Å². The zero-order chi connectivity index (χ0) is 12.1. The number of rotatable bonds is 3. The SMILES string of the molecule is CC(C)OC(=O)c1ccccc1NC(N)=O.